The molecule has 2 aromatic heterocycles. The first-order valence-electron chi connectivity index (χ1n) is 8.56. The molecule has 2 N–H and O–H groups in total. The number of nitrogens with one attached hydrogen (secondary N) is 2. The van der Waals surface area contributed by atoms with E-state index in [1.807, 2.05) is 33.1 Å². The molecule has 2 aromatic rings. The summed E-state index contributed by atoms with van der Waals surface area (Å²) < 4.78 is 0. The van der Waals surface area contributed by atoms with Crippen molar-refractivity contribution in [2.75, 3.05) is 18.4 Å². The van der Waals surface area contributed by atoms with Crippen LogP contribution in [0.15, 0.2) is 22.9 Å². The van der Waals surface area contributed by atoms with E-state index < -0.39 is 0 Å². The Hall–Kier alpha value is -2.26. The summed E-state index contributed by atoms with van der Waals surface area (Å²) in [5, 5.41) is 9.60. The molecule has 0 aliphatic heterocycles. The standard InChI is InChI=1S/C18H24N4O3S2/c1-5-22(10-14(23)21-18(2,3)4)15(24)9-12-11-27-17(19-12)20-16(25)13-7-6-8-26-13/h6-8,11H,5,9-10H2,1-4H3,(H,21,23)(H,19,20,25). The highest BCUT2D eigenvalue weighted by atomic mass is 32.1. The van der Waals surface area contributed by atoms with Crippen LogP contribution in [-0.4, -0.2) is 46.2 Å². The molecule has 2 heterocycles. The van der Waals surface area contributed by atoms with Gasteiger partial charge in [0.15, 0.2) is 5.13 Å². The number of carbonyl (C=O) groups is 3. The fourth-order valence-electron chi connectivity index (χ4n) is 2.29. The minimum absolute atomic E-state index is 0.0126. The van der Waals surface area contributed by atoms with Crippen molar-refractivity contribution in [1.29, 1.82) is 0 Å². The number of rotatable bonds is 7. The van der Waals surface area contributed by atoms with Crippen LogP contribution in [0.3, 0.4) is 0 Å². The Labute approximate surface area is 166 Å². The van der Waals surface area contributed by atoms with Gasteiger partial charge in [-0.15, -0.1) is 22.7 Å². The summed E-state index contributed by atoms with van der Waals surface area (Å²) >= 11 is 2.62. The molecule has 27 heavy (non-hydrogen) atoms. The second kappa shape index (κ2) is 9.09. The Morgan fingerprint density at radius 2 is 1.96 bits per heavy atom. The van der Waals surface area contributed by atoms with E-state index in [1.54, 1.807) is 17.5 Å². The number of hydrogen-bond acceptors (Lipinski definition) is 6. The summed E-state index contributed by atoms with van der Waals surface area (Å²) in [5.41, 5.74) is 0.227. The van der Waals surface area contributed by atoms with Gasteiger partial charge in [-0.25, -0.2) is 4.98 Å². The van der Waals surface area contributed by atoms with E-state index in [4.69, 9.17) is 0 Å². The van der Waals surface area contributed by atoms with Crippen LogP contribution in [0, 0.1) is 0 Å². The molecule has 0 fully saturated rings. The first-order valence-corrected chi connectivity index (χ1v) is 10.3. The van der Waals surface area contributed by atoms with Gasteiger partial charge in [0.1, 0.15) is 0 Å². The van der Waals surface area contributed by atoms with Crippen LogP contribution in [0.5, 0.6) is 0 Å². The Morgan fingerprint density at radius 3 is 2.56 bits per heavy atom. The zero-order valence-electron chi connectivity index (χ0n) is 15.9. The third kappa shape index (κ3) is 6.76. The van der Waals surface area contributed by atoms with E-state index in [-0.39, 0.29) is 36.2 Å². The van der Waals surface area contributed by atoms with Crippen molar-refractivity contribution < 1.29 is 14.4 Å². The second-order valence-electron chi connectivity index (χ2n) is 6.96. The molecular weight excluding hydrogens is 384 g/mol. The van der Waals surface area contributed by atoms with Gasteiger partial charge in [-0.3, -0.25) is 19.7 Å². The van der Waals surface area contributed by atoms with E-state index in [0.29, 0.717) is 22.2 Å². The molecule has 0 unspecified atom stereocenters. The number of thiophene rings is 1. The van der Waals surface area contributed by atoms with Crippen molar-refractivity contribution in [3.05, 3.63) is 33.5 Å². The topological polar surface area (TPSA) is 91.4 Å². The minimum Gasteiger partial charge on any atom is -0.350 e. The quantitative estimate of drug-likeness (QED) is 0.737. The molecule has 7 nitrogen and oxygen atoms in total. The normalized spacial score (nSPS) is 11.1. The van der Waals surface area contributed by atoms with Crippen LogP contribution in [0.2, 0.25) is 0 Å². The summed E-state index contributed by atoms with van der Waals surface area (Å²) in [6.07, 6.45) is 0.0853. The van der Waals surface area contributed by atoms with E-state index >= 15 is 0 Å². The number of carbonyl (C=O) groups excluding carboxylic acids is 3. The predicted octanol–water partition coefficient (Wildman–Crippen LogP) is 2.76. The molecule has 0 bridgehead atoms. The van der Waals surface area contributed by atoms with Gasteiger partial charge in [-0.05, 0) is 39.1 Å². The monoisotopic (exact) mass is 408 g/mol. The smallest absolute Gasteiger partial charge is 0.267 e. The molecule has 9 heteroatoms. The maximum Gasteiger partial charge on any atom is 0.267 e. The van der Waals surface area contributed by atoms with Gasteiger partial charge < -0.3 is 10.2 Å². The van der Waals surface area contributed by atoms with E-state index in [2.05, 4.69) is 15.6 Å². The van der Waals surface area contributed by atoms with Gasteiger partial charge in [-0.2, -0.15) is 0 Å². The largest absolute Gasteiger partial charge is 0.350 e. The average molecular weight is 409 g/mol. The summed E-state index contributed by atoms with van der Waals surface area (Å²) in [7, 11) is 0. The fraction of sp³-hybridized carbons (Fsp3) is 0.444. The van der Waals surface area contributed by atoms with Crippen molar-refractivity contribution in [2.24, 2.45) is 0 Å². The molecule has 146 valence electrons. The van der Waals surface area contributed by atoms with Crippen molar-refractivity contribution in [3.8, 4) is 0 Å². The van der Waals surface area contributed by atoms with Crippen LogP contribution in [0.1, 0.15) is 43.1 Å². The van der Waals surface area contributed by atoms with E-state index in [1.165, 1.54) is 27.6 Å². The van der Waals surface area contributed by atoms with Crippen molar-refractivity contribution >= 4 is 45.5 Å². The Bertz CT molecular complexity index is 794. The maximum absolute atomic E-state index is 12.5. The molecule has 0 aromatic carbocycles. The van der Waals surface area contributed by atoms with Crippen LogP contribution in [0.25, 0.3) is 0 Å². The first-order chi connectivity index (χ1) is 12.7. The van der Waals surface area contributed by atoms with Gasteiger partial charge in [0.05, 0.1) is 23.5 Å². The zero-order chi connectivity index (χ0) is 20.0. The summed E-state index contributed by atoms with van der Waals surface area (Å²) in [6, 6.07) is 3.54. The highest BCUT2D eigenvalue weighted by Gasteiger charge is 2.20. The maximum atomic E-state index is 12.5. The van der Waals surface area contributed by atoms with E-state index in [9.17, 15) is 14.4 Å². The van der Waals surface area contributed by atoms with Gasteiger partial charge >= 0.3 is 0 Å². The number of nitrogens with zero attached hydrogens (tertiary/aromatic N) is 2. The third-order valence-electron chi connectivity index (χ3n) is 3.43. The summed E-state index contributed by atoms with van der Waals surface area (Å²) in [4.78, 5) is 43.0. The molecule has 0 spiro atoms. The lowest BCUT2D eigenvalue weighted by Crippen LogP contribution is -2.47. The first kappa shape index (κ1) is 21.0. The minimum atomic E-state index is -0.343. The Balaban J connectivity index is 1.91. The lowest BCUT2D eigenvalue weighted by Gasteiger charge is -2.25. The SMILES string of the molecule is CCN(CC(=O)NC(C)(C)C)C(=O)Cc1csc(NC(=O)c2cccs2)n1. The fourth-order valence-corrected chi connectivity index (χ4v) is 3.61. The summed E-state index contributed by atoms with van der Waals surface area (Å²) in [6.45, 7) is 7.95. The van der Waals surface area contributed by atoms with Gasteiger partial charge in [0.2, 0.25) is 11.8 Å². The second-order valence-corrected chi connectivity index (χ2v) is 8.76. The number of aromatic nitrogens is 1. The number of amides is 3. The van der Waals surface area contributed by atoms with Crippen molar-refractivity contribution in [1.82, 2.24) is 15.2 Å². The predicted molar refractivity (Wildman–Crippen MR) is 108 cm³/mol. The molecule has 0 saturated carbocycles. The molecular formula is C18H24N4O3S2. The van der Waals surface area contributed by atoms with Crippen LogP contribution in [-0.2, 0) is 16.0 Å². The van der Waals surface area contributed by atoms with E-state index in [0.717, 1.165) is 0 Å². The highest BCUT2D eigenvalue weighted by molar-refractivity contribution is 7.14. The molecule has 2 rings (SSSR count). The van der Waals surface area contributed by atoms with Gasteiger partial charge in [-0.1, -0.05) is 6.07 Å². The average Bonchev–Trinajstić information content (AvgIpc) is 3.22. The molecule has 3 amide bonds. The van der Waals surface area contributed by atoms with Gasteiger partial charge in [0.25, 0.3) is 5.91 Å². The molecule has 0 aliphatic carbocycles. The van der Waals surface area contributed by atoms with Gasteiger partial charge in [0, 0.05) is 17.5 Å². The molecule has 0 aliphatic rings. The molecule has 0 saturated heterocycles. The van der Waals surface area contributed by atoms with Crippen LogP contribution in [0.4, 0.5) is 5.13 Å². The lowest BCUT2D eigenvalue weighted by atomic mass is 10.1. The van der Waals surface area contributed by atoms with Crippen molar-refractivity contribution in [3.63, 3.8) is 0 Å². The van der Waals surface area contributed by atoms with Crippen molar-refractivity contribution in [2.45, 2.75) is 39.7 Å². The number of anilines is 1. The zero-order valence-corrected chi connectivity index (χ0v) is 17.5. The molecule has 0 atom stereocenters. The van der Waals surface area contributed by atoms with Crippen LogP contribution >= 0.6 is 22.7 Å². The number of hydrogen-bond donors (Lipinski definition) is 2. The lowest BCUT2D eigenvalue weighted by molar-refractivity contribution is -0.135. The Morgan fingerprint density at radius 1 is 1.22 bits per heavy atom. The number of likely N-dealkylation sites (N-methyl/N-ethyl adjacent to an activating group) is 1. The Kier molecular flexibility index (Phi) is 7.09. The highest BCUT2D eigenvalue weighted by Crippen LogP contribution is 2.18. The third-order valence-corrected chi connectivity index (χ3v) is 5.11. The molecule has 0 radical (unpaired) electrons. The summed E-state index contributed by atoms with van der Waals surface area (Å²) in [5.74, 6) is -0.589. The van der Waals surface area contributed by atoms with Crippen LogP contribution < -0.4 is 10.6 Å². The number of thiazole rings is 1.